The highest BCUT2D eigenvalue weighted by Crippen LogP contribution is 2.21. The molecule has 0 aliphatic carbocycles. The van der Waals surface area contributed by atoms with Gasteiger partial charge < -0.3 is 0 Å². The van der Waals surface area contributed by atoms with Gasteiger partial charge in [-0.05, 0) is 24.6 Å². The van der Waals surface area contributed by atoms with Gasteiger partial charge in [0.25, 0.3) is 0 Å². The number of halogens is 2. The molecule has 0 aliphatic heterocycles. The van der Waals surface area contributed by atoms with Crippen LogP contribution in [0, 0.1) is 12.7 Å². The molecule has 0 saturated heterocycles. The van der Waals surface area contributed by atoms with Crippen molar-refractivity contribution in [3.05, 3.63) is 56.5 Å². The first-order valence-electron chi connectivity index (χ1n) is 5.09. The van der Waals surface area contributed by atoms with Gasteiger partial charge in [0.05, 0.1) is 5.02 Å². The number of carbonyl (C=O) groups is 1. The SMILES string of the molecule is Cc1cc(C(=O)Cc2cccc(Cl)c2F)cs1. The van der Waals surface area contributed by atoms with Gasteiger partial charge >= 0.3 is 0 Å². The van der Waals surface area contributed by atoms with Crippen molar-refractivity contribution in [2.45, 2.75) is 13.3 Å². The lowest BCUT2D eigenvalue weighted by Crippen LogP contribution is -2.04. The number of hydrogen-bond donors (Lipinski definition) is 0. The Balaban J connectivity index is 2.21. The number of aryl methyl sites for hydroxylation is 1. The maximum absolute atomic E-state index is 13.6. The number of ketones is 1. The highest BCUT2D eigenvalue weighted by atomic mass is 35.5. The standard InChI is InChI=1S/C13H10ClFOS/c1-8-5-10(7-17-8)12(16)6-9-3-2-4-11(14)13(9)15/h2-5,7H,6H2,1H3. The van der Waals surface area contributed by atoms with Crippen LogP contribution < -0.4 is 0 Å². The van der Waals surface area contributed by atoms with Gasteiger partial charge in [-0.2, -0.15) is 0 Å². The van der Waals surface area contributed by atoms with E-state index in [0.29, 0.717) is 11.1 Å². The summed E-state index contributed by atoms with van der Waals surface area (Å²) < 4.78 is 13.6. The molecule has 0 spiro atoms. The van der Waals surface area contributed by atoms with Crippen molar-refractivity contribution < 1.29 is 9.18 Å². The van der Waals surface area contributed by atoms with Crippen LogP contribution in [-0.2, 0) is 6.42 Å². The average Bonchev–Trinajstić information content (AvgIpc) is 2.72. The van der Waals surface area contributed by atoms with E-state index in [9.17, 15) is 9.18 Å². The Kier molecular flexibility index (Phi) is 3.60. The van der Waals surface area contributed by atoms with E-state index in [-0.39, 0.29) is 17.2 Å². The fourth-order valence-corrected chi connectivity index (χ4v) is 2.45. The third-order valence-corrected chi connectivity index (χ3v) is 3.59. The van der Waals surface area contributed by atoms with E-state index < -0.39 is 5.82 Å². The summed E-state index contributed by atoms with van der Waals surface area (Å²) in [4.78, 5) is 13.0. The van der Waals surface area contributed by atoms with E-state index in [1.54, 1.807) is 17.5 Å². The molecular formula is C13H10ClFOS. The second-order valence-corrected chi connectivity index (χ2v) is 5.28. The predicted molar refractivity (Wildman–Crippen MR) is 68.5 cm³/mol. The van der Waals surface area contributed by atoms with E-state index in [2.05, 4.69) is 0 Å². The molecule has 0 N–H and O–H groups in total. The quantitative estimate of drug-likeness (QED) is 0.760. The second-order valence-electron chi connectivity index (χ2n) is 3.76. The largest absolute Gasteiger partial charge is 0.294 e. The number of benzene rings is 1. The fourth-order valence-electron chi connectivity index (χ4n) is 1.55. The molecule has 0 fully saturated rings. The monoisotopic (exact) mass is 268 g/mol. The minimum Gasteiger partial charge on any atom is -0.294 e. The van der Waals surface area contributed by atoms with Crippen LogP contribution in [0.25, 0.3) is 0 Å². The molecule has 2 rings (SSSR count). The summed E-state index contributed by atoms with van der Waals surface area (Å²) in [6.45, 7) is 1.93. The lowest BCUT2D eigenvalue weighted by Gasteiger charge is -2.02. The van der Waals surface area contributed by atoms with Crippen LogP contribution in [0.5, 0.6) is 0 Å². The lowest BCUT2D eigenvalue weighted by molar-refractivity contribution is 0.0992. The van der Waals surface area contributed by atoms with Gasteiger partial charge in [0.15, 0.2) is 5.78 Å². The van der Waals surface area contributed by atoms with Crippen molar-refractivity contribution in [3.63, 3.8) is 0 Å². The first kappa shape index (κ1) is 12.3. The van der Waals surface area contributed by atoms with Gasteiger partial charge in [-0.15, -0.1) is 11.3 Å². The number of carbonyl (C=O) groups excluding carboxylic acids is 1. The first-order chi connectivity index (χ1) is 8.08. The minimum absolute atomic E-state index is 0.0442. The normalized spacial score (nSPS) is 10.5. The molecule has 17 heavy (non-hydrogen) atoms. The molecule has 88 valence electrons. The molecule has 1 aromatic carbocycles. The van der Waals surface area contributed by atoms with Crippen molar-refractivity contribution in [2.75, 3.05) is 0 Å². The number of hydrogen-bond acceptors (Lipinski definition) is 2. The summed E-state index contributed by atoms with van der Waals surface area (Å²) in [5.41, 5.74) is 0.971. The smallest absolute Gasteiger partial charge is 0.168 e. The lowest BCUT2D eigenvalue weighted by atomic mass is 10.0. The first-order valence-corrected chi connectivity index (χ1v) is 6.35. The molecule has 1 nitrogen and oxygen atoms in total. The van der Waals surface area contributed by atoms with Crippen LogP contribution in [0.15, 0.2) is 29.6 Å². The Morgan fingerprint density at radius 3 is 2.88 bits per heavy atom. The van der Waals surface area contributed by atoms with Crippen molar-refractivity contribution >= 4 is 28.7 Å². The molecule has 2 aromatic rings. The molecule has 0 saturated carbocycles. The summed E-state index contributed by atoms with van der Waals surface area (Å²) in [6, 6.07) is 6.51. The molecule has 0 atom stereocenters. The van der Waals surface area contributed by atoms with Gasteiger partial charge in [0, 0.05) is 22.2 Å². The Morgan fingerprint density at radius 1 is 1.47 bits per heavy atom. The summed E-state index contributed by atoms with van der Waals surface area (Å²) in [7, 11) is 0. The zero-order valence-electron chi connectivity index (χ0n) is 9.17. The Hall–Kier alpha value is -1.19. The molecular weight excluding hydrogens is 259 g/mol. The third-order valence-electron chi connectivity index (χ3n) is 2.44. The van der Waals surface area contributed by atoms with Gasteiger partial charge in [0.2, 0.25) is 0 Å². The van der Waals surface area contributed by atoms with Crippen molar-refractivity contribution in [3.8, 4) is 0 Å². The maximum atomic E-state index is 13.6. The Morgan fingerprint density at radius 2 is 2.24 bits per heavy atom. The topological polar surface area (TPSA) is 17.1 Å². The van der Waals surface area contributed by atoms with Gasteiger partial charge in [0.1, 0.15) is 5.82 Å². The maximum Gasteiger partial charge on any atom is 0.168 e. The summed E-state index contributed by atoms with van der Waals surface area (Å²) in [5, 5.41) is 1.84. The van der Waals surface area contributed by atoms with Crippen LogP contribution >= 0.6 is 22.9 Å². The number of thiophene rings is 1. The van der Waals surface area contributed by atoms with Crippen molar-refractivity contribution in [1.29, 1.82) is 0 Å². The fraction of sp³-hybridized carbons (Fsp3) is 0.154. The number of rotatable bonds is 3. The molecule has 1 aromatic heterocycles. The van der Waals surface area contributed by atoms with Crippen LogP contribution in [0.1, 0.15) is 20.8 Å². The molecule has 1 heterocycles. The molecule has 0 unspecified atom stereocenters. The van der Waals surface area contributed by atoms with E-state index in [0.717, 1.165) is 4.88 Å². The van der Waals surface area contributed by atoms with Gasteiger partial charge in [-0.3, -0.25) is 4.79 Å². The summed E-state index contributed by atoms with van der Waals surface area (Å²) in [6.07, 6.45) is 0.0442. The van der Waals surface area contributed by atoms with Gasteiger partial charge in [-0.25, -0.2) is 4.39 Å². The predicted octanol–water partition coefficient (Wildman–Crippen LogP) is 4.27. The molecule has 0 aliphatic rings. The number of Topliss-reactive ketones (excluding diaryl/α,β-unsaturated/α-hetero) is 1. The van der Waals surface area contributed by atoms with E-state index in [1.807, 2.05) is 13.0 Å². The zero-order chi connectivity index (χ0) is 12.4. The zero-order valence-corrected chi connectivity index (χ0v) is 10.7. The van der Waals surface area contributed by atoms with Crippen LogP contribution in [0.2, 0.25) is 5.02 Å². The van der Waals surface area contributed by atoms with E-state index >= 15 is 0 Å². The van der Waals surface area contributed by atoms with Crippen molar-refractivity contribution in [1.82, 2.24) is 0 Å². The Bertz CT molecular complexity index is 562. The average molecular weight is 269 g/mol. The van der Waals surface area contributed by atoms with Crippen LogP contribution in [0.3, 0.4) is 0 Å². The molecule has 0 bridgehead atoms. The second kappa shape index (κ2) is 4.98. The molecule has 0 amide bonds. The summed E-state index contributed by atoms with van der Waals surface area (Å²) in [5.74, 6) is -0.593. The molecule has 0 radical (unpaired) electrons. The highest BCUT2D eigenvalue weighted by molar-refractivity contribution is 7.10. The highest BCUT2D eigenvalue weighted by Gasteiger charge is 2.13. The van der Waals surface area contributed by atoms with E-state index in [1.165, 1.54) is 17.4 Å². The van der Waals surface area contributed by atoms with Crippen LogP contribution in [-0.4, -0.2) is 5.78 Å². The Labute approximate surface area is 108 Å². The third kappa shape index (κ3) is 2.73. The minimum atomic E-state index is -0.505. The summed E-state index contributed by atoms with van der Waals surface area (Å²) >= 11 is 7.17. The van der Waals surface area contributed by atoms with E-state index in [4.69, 9.17) is 11.6 Å². The van der Waals surface area contributed by atoms with Crippen molar-refractivity contribution in [2.24, 2.45) is 0 Å². The van der Waals surface area contributed by atoms with Gasteiger partial charge in [-0.1, -0.05) is 23.7 Å². The van der Waals surface area contributed by atoms with Crippen LogP contribution in [0.4, 0.5) is 4.39 Å². The molecule has 4 heteroatoms.